The zero-order chi connectivity index (χ0) is 10.1. The average molecular weight is 191 g/mol. The molecule has 2 heterocycles. The van der Waals surface area contributed by atoms with E-state index >= 15 is 0 Å². The zero-order valence-electron chi connectivity index (χ0n) is 8.25. The number of aryl methyl sites for hydroxylation is 1. The van der Waals surface area contributed by atoms with Crippen LogP contribution in [0.3, 0.4) is 0 Å². The second-order valence-electron chi connectivity index (χ2n) is 3.32. The summed E-state index contributed by atoms with van der Waals surface area (Å²) < 4.78 is 3.64. The van der Waals surface area contributed by atoms with Gasteiger partial charge in [-0.3, -0.25) is 9.25 Å². The van der Waals surface area contributed by atoms with E-state index in [0.29, 0.717) is 0 Å². The Morgan fingerprint density at radius 3 is 2.86 bits per heavy atom. The minimum atomic E-state index is -0.0421. The van der Waals surface area contributed by atoms with E-state index in [2.05, 4.69) is 10.1 Å². The van der Waals surface area contributed by atoms with Crippen LogP contribution in [0.2, 0.25) is 0 Å². The third-order valence-corrected chi connectivity index (χ3v) is 2.08. The standard InChI is InChI=1S/C9H13N5/c1-7(10)8-5-11-6-14(8)9-3-4-13(2)12-9/h3-7H,10H2,1-2H3/t7-/m1/s1. The highest BCUT2D eigenvalue weighted by Crippen LogP contribution is 2.13. The monoisotopic (exact) mass is 191 g/mol. The molecule has 0 aliphatic heterocycles. The smallest absolute Gasteiger partial charge is 0.160 e. The van der Waals surface area contributed by atoms with Gasteiger partial charge in [-0.15, -0.1) is 0 Å². The van der Waals surface area contributed by atoms with Crippen LogP contribution >= 0.6 is 0 Å². The van der Waals surface area contributed by atoms with Crippen LogP contribution < -0.4 is 5.73 Å². The fourth-order valence-corrected chi connectivity index (χ4v) is 1.36. The van der Waals surface area contributed by atoms with E-state index in [4.69, 9.17) is 5.73 Å². The lowest BCUT2D eigenvalue weighted by Gasteiger charge is -2.07. The highest BCUT2D eigenvalue weighted by atomic mass is 15.3. The van der Waals surface area contributed by atoms with Crippen molar-refractivity contribution in [2.45, 2.75) is 13.0 Å². The number of imidazole rings is 1. The largest absolute Gasteiger partial charge is 0.323 e. The van der Waals surface area contributed by atoms with Crippen LogP contribution in [0.5, 0.6) is 0 Å². The predicted molar refractivity (Wildman–Crippen MR) is 52.9 cm³/mol. The Balaban J connectivity index is 2.46. The van der Waals surface area contributed by atoms with Crippen molar-refractivity contribution in [2.24, 2.45) is 12.8 Å². The molecular formula is C9H13N5. The lowest BCUT2D eigenvalue weighted by molar-refractivity contribution is 0.715. The summed E-state index contributed by atoms with van der Waals surface area (Å²) in [7, 11) is 1.88. The summed E-state index contributed by atoms with van der Waals surface area (Å²) in [5, 5.41) is 4.28. The summed E-state index contributed by atoms with van der Waals surface area (Å²) in [6.07, 6.45) is 5.38. The molecule has 2 N–H and O–H groups in total. The van der Waals surface area contributed by atoms with Gasteiger partial charge >= 0.3 is 0 Å². The van der Waals surface area contributed by atoms with Crippen LogP contribution in [0.1, 0.15) is 18.7 Å². The van der Waals surface area contributed by atoms with Gasteiger partial charge in [0.1, 0.15) is 6.33 Å². The molecule has 5 nitrogen and oxygen atoms in total. The van der Waals surface area contributed by atoms with Gasteiger partial charge < -0.3 is 5.73 Å². The highest BCUT2D eigenvalue weighted by Gasteiger charge is 2.09. The van der Waals surface area contributed by atoms with Crippen LogP contribution in [0.25, 0.3) is 5.82 Å². The maximum absolute atomic E-state index is 5.81. The van der Waals surface area contributed by atoms with Crippen molar-refractivity contribution in [3.8, 4) is 5.82 Å². The zero-order valence-corrected chi connectivity index (χ0v) is 8.25. The topological polar surface area (TPSA) is 61.7 Å². The number of rotatable bonds is 2. The van der Waals surface area contributed by atoms with Gasteiger partial charge in [0.05, 0.1) is 11.9 Å². The van der Waals surface area contributed by atoms with Gasteiger partial charge in [0.15, 0.2) is 5.82 Å². The van der Waals surface area contributed by atoms with Gasteiger partial charge in [0.25, 0.3) is 0 Å². The third kappa shape index (κ3) is 1.42. The molecule has 0 fully saturated rings. The molecular weight excluding hydrogens is 178 g/mol. The van der Waals surface area contributed by atoms with Crippen molar-refractivity contribution in [2.75, 3.05) is 0 Å². The van der Waals surface area contributed by atoms with Crippen molar-refractivity contribution >= 4 is 0 Å². The van der Waals surface area contributed by atoms with Crippen LogP contribution in [-0.2, 0) is 7.05 Å². The molecule has 0 unspecified atom stereocenters. The van der Waals surface area contributed by atoms with Crippen molar-refractivity contribution < 1.29 is 0 Å². The third-order valence-electron chi connectivity index (χ3n) is 2.08. The summed E-state index contributed by atoms with van der Waals surface area (Å²) in [6, 6.07) is 1.88. The Morgan fingerprint density at radius 2 is 2.29 bits per heavy atom. The molecule has 5 heteroatoms. The van der Waals surface area contributed by atoms with E-state index in [9.17, 15) is 0 Å². The normalized spacial score (nSPS) is 13.1. The summed E-state index contributed by atoms with van der Waals surface area (Å²) in [5.41, 5.74) is 6.77. The SMILES string of the molecule is C[C@@H](N)c1cncn1-c1ccn(C)n1. The summed E-state index contributed by atoms with van der Waals surface area (Å²) >= 11 is 0. The highest BCUT2D eigenvalue weighted by molar-refractivity contribution is 5.24. The van der Waals surface area contributed by atoms with Crippen LogP contribution in [0.15, 0.2) is 24.8 Å². The molecule has 0 spiro atoms. The van der Waals surface area contributed by atoms with E-state index in [-0.39, 0.29) is 6.04 Å². The van der Waals surface area contributed by atoms with Crippen LogP contribution in [0.4, 0.5) is 0 Å². The first kappa shape index (κ1) is 8.96. The first-order chi connectivity index (χ1) is 6.68. The fourth-order valence-electron chi connectivity index (χ4n) is 1.36. The molecule has 2 rings (SSSR count). The van der Waals surface area contributed by atoms with Crippen LogP contribution in [0, 0.1) is 0 Å². The van der Waals surface area contributed by atoms with E-state index in [0.717, 1.165) is 11.5 Å². The molecule has 0 amide bonds. The predicted octanol–water partition coefficient (Wildman–Crippen LogP) is 0.626. The molecule has 0 radical (unpaired) electrons. The molecule has 0 saturated carbocycles. The Hall–Kier alpha value is -1.62. The molecule has 0 bridgehead atoms. The molecule has 0 aromatic carbocycles. The number of hydrogen-bond acceptors (Lipinski definition) is 3. The summed E-state index contributed by atoms with van der Waals surface area (Å²) in [6.45, 7) is 1.93. The summed E-state index contributed by atoms with van der Waals surface area (Å²) in [4.78, 5) is 4.06. The van der Waals surface area contributed by atoms with E-state index in [1.165, 1.54) is 0 Å². The minimum absolute atomic E-state index is 0.0421. The van der Waals surface area contributed by atoms with Crippen LogP contribution in [-0.4, -0.2) is 19.3 Å². The van der Waals surface area contributed by atoms with Gasteiger partial charge in [-0.25, -0.2) is 4.98 Å². The molecule has 2 aromatic heterocycles. The lowest BCUT2D eigenvalue weighted by Crippen LogP contribution is -2.11. The molecule has 0 aliphatic rings. The number of aromatic nitrogens is 4. The first-order valence-electron chi connectivity index (χ1n) is 4.46. The number of nitrogens with zero attached hydrogens (tertiary/aromatic N) is 4. The van der Waals surface area contributed by atoms with Gasteiger partial charge in [-0.1, -0.05) is 0 Å². The van der Waals surface area contributed by atoms with Crippen molar-refractivity contribution in [1.29, 1.82) is 0 Å². The fraction of sp³-hybridized carbons (Fsp3) is 0.333. The Kier molecular flexibility index (Phi) is 2.09. The maximum atomic E-state index is 5.81. The van der Waals surface area contributed by atoms with Gasteiger partial charge in [0, 0.05) is 25.4 Å². The van der Waals surface area contributed by atoms with Gasteiger partial charge in [-0.2, -0.15) is 5.10 Å². The second kappa shape index (κ2) is 3.26. The molecule has 0 saturated heterocycles. The van der Waals surface area contributed by atoms with Crippen molar-refractivity contribution in [3.63, 3.8) is 0 Å². The molecule has 14 heavy (non-hydrogen) atoms. The number of nitrogens with two attached hydrogens (primary N) is 1. The van der Waals surface area contributed by atoms with E-state index < -0.39 is 0 Å². The summed E-state index contributed by atoms with van der Waals surface area (Å²) in [5.74, 6) is 0.845. The minimum Gasteiger partial charge on any atom is -0.323 e. The van der Waals surface area contributed by atoms with E-state index in [1.807, 2.05) is 30.8 Å². The molecule has 74 valence electrons. The lowest BCUT2D eigenvalue weighted by atomic mass is 10.3. The average Bonchev–Trinajstić information content (AvgIpc) is 2.70. The molecule has 2 aromatic rings. The number of hydrogen-bond donors (Lipinski definition) is 1. The molecule has 0 aliphatic carbocycles. The quantitative estimate of drug-likeness (QED) is 0.757. The second-order valence-corrected chi connectivity index (χ2v) is 3.32. The Morgan fingerprint density at radius 1 is 1.50 bits per heavy atom. The van der Waals surface area contributed by atoms with Gasteiger partial charge in [0.2, 0.25) is 0 Å². The van der Waals surface area contributed by atoms with Crippen molar-refractivity contribution in [1.82, 2.24) is 19.3 Å². The Bertz CT molecular complexity index is 426. The van der Waals surface area contributed by atoms with Crippen molar-refractivity contribution in [3.05, 3.63) is 30.5 Å². The Labute approximate surface area is 82.2 Å². The maximum Gasteiger partial charge on any atom is 0.160 e. The van der Waals surface area contributed by atoms with E-state index in [1.54, 1.807) is 17.2 Å². The van der Waals surface area contributed by atoms with Gasteiger partial charge in [-0.05, 0) is 6.92 Å². The first-order valence-corrected chi connectivity index (χ1v) is 4.46. The molecule has 1 atom stereocenters.